The first-order valence-electron chi connectivity index (χ1n) is 5.32. The molecule has 1 heterocycles. The molecule has 5 heteroatoms. The van der Waals surface area contributed by atoms with Crippen LogP contribution in [0.4, 0.5) is 0 Å². The Labute approximate surface area is 100 Å². The lowest BCUT2D eigenvalue weighted by Crippen LogP contribution is -2.34. The summed E-state index contributed by atoms with van der Waals surface area (Å²) in [5.41, 5.74) is 1.90. The van der Waals surface area contributed by atoms with E-state index < -0.39 is 19.2 Å². The van der Waals surface area contributed by atoms with Gasteiger partial charge in [0, 0.05) is 0 Å². The number of esters is 1. The lowest BCUT2D eigenvalue weighted by molar-refractivity contribution is -0.148. The molecule has 0 aliphatic carbocycles. The first-order valence-corrected chi connectivity index (χ1v) is 5.32. The molecule has 0 aromatic heterocycles. The van der Waals surface area contributed by atoms with E-state index in [1.165, 1.54) is 7.11 Å². The van der Waals surface area contributed by atoms with Gasteiger partial charge in [-0.3, -0.25) is 0 Å². The van der Waals surface area contributed by atoms with Crippen molar-refractivity contribution in [1.82, 2.24) is 0 Å². The molecule has 1 aromatic rings. The Hall–Kier alpha value is -1.59. The number of benzene rings is 1. The van der Waals surface area contributed by atoms with Gasteiger partial charge in [0.05, 0.1) is 13.7 Å². The third-order valence-electron chi connectivity index (χ3n) is 2.60. The van der Waals surface area contributed by atoms with Crippen LogP contribution in [0.15, 0.2) is 30.8 Å². The van der Waals surface area contributed by atoms with Crippen molar-refractivity contribution >= 4 is 24.6 Å². The minimum absolute atomic E-state index is 0.223. The van der Waals surface area contributed by atoms with Crippen molar-refractivity contribution in [1.29, 1.82) is 0 Å². The highest BCUT2D eigenvalue weighted by Gasteiger charge is 2.37. The monoisotopic (exact) mass is 232 g/mol. The number of carbonyl (C=O) groups is 1. The molecule has 0 spiro atoms. The van der Waals surface area contributed by atoms with Crippen LogP contribution in [0.3, 0.4) is 0 Å². The Morgan fingerprint density at radius 1 is 1.53 bits per heavy atom. The fraction of sp³-hybridized carbons (Fsp3) is 0.250. The average Bonchev–Trinajstić information content (AvgIpc) is 2.87. The molecule has 2 rings (SSSR count). The average molecular weight is 232 g/mol. The molecule has 0 bridgehead atoms. The molecular formula is C12H13BO4. The smallest absolute Gasteiger partial charge is 0.467 e. The minimum Gasteiger partial charge on any atom is -0.467 e. The van der Waals surface area contributed by atoms with Crippen molar-refractivity contribution in [3.8, 4) is 0 Å². The molecule has 17 heavy (non-hydrogen) atoms. The van der Waals surface area contributed by atoms with Crippen LogP contribution in [0.25, 0.3) is 6.08 Å². The van der Waals surface area contributed by atoms with E-state index in [1.54, 1.807) is 6.08 Å². The van der Waals surface area contributed by atoms with Crippen molar-refractivity contribution in [2.24, 2.45) is 0 Å². The SMILES string of the molecule is C=Cc1ccc(B2OCC(C(=O)OC)O2)cc1. The van der Waals surface area contributed by atoms with Crippen LogP contribution in [-0.4, -0.2) is 32.9 Å². The van der Waals surface area contributed by atoms with Gasteiger partial charge in [0.25, 0.3) is 0 Å². The van der Waals surface area contributed by atoms with Crippen LogP contribution in [0, 0.1) is 0 Å². The van der Waals surface area contributed by atoms with Crippen LogP contribution in [-0.2, 0) is 18.8 Å². The molecule has 88 valence electrons. The van der Waals surface area contributed by atoms with Crippen LogP contribution in [0.2, 0.25) is 0 Å². The number of methoxy groups -OCH3 is 1. The van der Waals surface area contributed by atoms with Crippen molar-refractivity contribution in [3.05, 3.63) is 36.4 Å². The van der Waals surface area contributed by atoms with Crippen molar-refractivity contribution < 1.29 is 18.8 Å². The maximum Gasteiger partial charge on any atom is 0.494 e. The summed E-state index contributed by atoms with van der Waals surface area (Å²) >= 11 is 0. The molecule has 1 atom stereocenters. The van der Waals surface area contributed by atoms with Gasteiger partial charge < -0.3 is 14.0 Å². The second kappa shape index (κ2) is 5.16. The first-order chi connectivity index (χ1) is 8.24. The van der Waals surface area contributed by atoms with Gasteiger partial charge in [0.1, 0.15) is 0 Å². The Balaban J connectivity index is 2.04. The number of rotatable bonds is 3. The maximum absolute atomic E-state index is 11.3. The molecule has 4 nitrogen and oxygen atoms in total. The first kappa shape index (κ1) is 11.9. The van der Waals surface area contributed by atoms with Gasteiger partial charge in [-0.25, -0.2) is 4.79 Å². The van der Waals surface area contributed by atoms with Gasteiger partial charge in [0.15, 0.2) is 6.10 Å². The summed E-state index contributed by atoms with van der Waals surface area (Å²) in [7, 11) is 0.829. The lowest BCUT2D eigenvalue weighted by atomic mass is 9.79. The quantitative estimate of drug-likeness (QED) is 0.565. The molecule has 1 aliphatic rings. The van der Waals surface area contributed by atoms with Gasteiger partial charge in [-0.15, -0.1) is 0 Å². The highest BCUT2D eigenvalue weighted by atomic mass is 16.7. The Morgan fingerprint density at radius 2 is 2.24 bits per heavy atom. The topological polar surface area (TPSA) is 44.8 Å². The molecule has 0 saturated carbocycles. The number of hydrogen-bond donors (Lipinski definition) is 0. The van der Waals surface area contributed by atoms with Crippen LogP contribution in [0.5, 0.6) is 0 Å². The molecule has 1 fully saturated rings. The van der Waals surface area contributed by atoms with Gasteiger partial charge in [0.2, 0.25) is 0 Å². The zero-order chi connectivity index (χ0) is 12.3. The van der Waals surface area contributed by atoms with Crippen LogP contribution >= 0.6 is 0 Å². The van der Waals surface area contributed by atoms with Gasteiger partial charge in [-0.1, -0.05) is 36.9 Å². The van der Waals surface area contributed by atoms with E-state index in [9.17, 15) is 4.79 Å². The van der Waals surface area contributed by atoms with Crippen LogP contribution in [0.1, 0.15) is 5.56 Å². The van der Waals surface area contributed by atoms with Crippen molar-refractivity contribution in [2.45, 2.75) is 6.10 Å². The maximum atomic E-state index is 11.3. The van der Waals surface area contributed by atoms with Crippen molar-refractivity contribution in [2.75, 3.05) is 13.7 Å². The Morgan fingerprint density at radius 3 is 2.82 bits per heavy atom. The second-order valence-corrected chi connectivity index (χ2v) is 3.68. The molecule has 0 radical (unpaired) electrons. The summed E-state index contributed by atoms with van der Waals surface area (Å²) in [5.74, 6) is -0.407. The van der Waals surface area contributed by atoms with E-state index in [0.717, 1.165) is 11.0 Å². The second-order valence-electron chi connectivity index (χ2n) is 3.68. The molecule has 1 aliphatic heterocycles. The standard InChI is InChI=1S/C12H13BO4/c1-3-9-4-6-10(7-5-9)13-16-8-11(17-13)12(14)15-2/h3-7,11H,1,8H2,2H3. The Bertz CT molecular complexity index is 415. The van der Waals surface area contributed by atoms with E-state index >= 15 is 0 Å². The molecule has 1 saturated heterocycles. The molecule has 0 amide bonds. The lowest BCUT2D eigenvalue weighted by Gasteiger charge is -2.07. The van der Waals surface area contributed by atoms with E-state index in [0.29, 0.717) is 0 Å². The fourth-order valence-electron chi connectivity index (χ4n) is 1.62. The largest absolute Gasteiger partial charge is 0.494 e. The van der Waals surface area contributed by atoms with Gasteiger partial charge in [-0.2, -0.15) is 0 Å². The van der Waals surface area contributed by atoms with Gasteiger partial charge in [-0.05, 0) is 11.0 Å². The van der Waals surface area contributed by atoms with Crippen LogP contribution < -0.4 is 5.46 Å². The minimum atomic E-state index is -0.635. The van der Waals surface area contributed by atoms with E-state index in [-0.39, 0.29) is 6.61 Å². The number of carbonyl (C=O) groups excluding carboxylic acids is 1. The predicted molar refractivity (Wildman–Crippen MR) is 64.8 cm³/mol. The zero-order valence-electron chi connectivity index (χ0n) is 9.59. The Kier molecular flexibility index (Phi) is 3.61. The third kappa shape index (κ3) is 2.57. The summed E-state index contributed by atoms with van der Waals surface area (Å²) in [4.78, 5) is 11.3. The molecule has 1 aromatic carbocycles. The summed E-state index contributed by atoms with van der Waals surface area (Å²) in [6.07, 6.45) is 1.13. The van der Waals surface area contributed by atoms with E-state index in [2.05, 4.69) is 11.3 Å². The summed E-state index contributed by atoms with van der Waals surface area (Å²) < 4.78 is 15.4. The summed E-state index contributed by atoms with van der Waals surface area (Å²) in [5, 5.41) is 0. The third-order valence-corrected chi connectivity index (χ3v) is 2.60. The summed E-state index contributed by atoms with van der Waals surface area (Å²) in [6, 6.07) is 7.61. The van der Waals surface area contributed by atoms with Gasteiger partial charge >= 0.3 is 13.1 Å². The number of ether oxygens (including phenoxy) is 1. The number of hydrogen-bond acceptors (Lipinski definition) is 4. The molecule has 1 unspecified atom stereocenters. The van der Waals surface area contributed by atoms with E-state index in [1.807, 2.05) is 24.3 Å². The highest BCUT2D eigenvalue weighted by molar-refractivity contribution is 6.62. The normalized spacial score (nSPS) is 19.1. The van der Waals surface area contributed by atoms with E-state index in [4.69, 9.17) is 9.31 Å². The molecule has 0 N–H and O–H groups in total. The fourth-order valence-corrected chi connectivity index (χ4v) is 1.62. The highest BCUT2D eigenvalue weighted by Crippen LogP contribution is 2.10. The predicted octanol–water partition coefficient (Wildman–Crippen LogP) is 0.613. The zero-order valence-corrected chi connectivity index (χ0v) is 9.59. The van der Waals surface area contributed by atoms with Crippen molar-refractivity contribution in [3.63, 3.8) is 0 Å². The summed E-state index contributed by atoms with van der Waals surface area (Å²) in [6.45, 7) is 3.90. The molecular weight excluding hydrogens is 219 g/mol.